The SMILES string of the molecule is CC(C)C1=C2C3CCC4C5(C)CCC(OC(=O)CC(C)(C)C(=O)O)C(C)(C)C5CCC4(C)C3(C)CCC2(CCN(C)C(=O)c2ccccc2)CC1=O. The molecule has 0 aromatic heterocycles. The van der Waals surface area contributed by atoms with Crippen LogP contribution in [0.2, 0.25) is 0 Å². The van der Waals surface area contributed by atoms with E-state index in [0.717, 1.165) is 63.4 Å². The molecular formula is C45H65NO6. The fourth-order valence-electron chi connectivity index (χ4n) is 13.2. The van der Waals surface area contributed by atoms with Crippen LogP contribution in [0.15, 0.2) is 41.5 Å². The second kappa shape index (κ2) is 13.1. The molecule has 286 valence electrons. The molecule has 8 unspecified atom stereocenters. The van der Waals surface area contributed by atoms with Crippen LogP contribution in [0.1, 0.15) is 143 Å². The topological polar surface area (TPSA) is 101 Å². The number of hydrogen-bond donors (Lipinski definition) is 1. The molecule has 7 nitrogen and oxygen atoms in total. The molecular weight excluding hydrogens is 650 g/mol. The van der Waals surface area contributed by atoms with E-state index < -0.39 is 17.4 Å². The fourth-order valence-corrected chi connectivity index (χ4v) is 13.2. The van der Waals surface area contributed by atoms with E-state index in [2.05, 4.69) is 48.5 Å². The van der Waals surface area contributed by atoms with Crippen molar-refractivity contribution >= 4 is 23.6 Å². The first-order valence-electron chi connectivity index (χ1n) is 20.2. The molecule has 52 heavy (non-hydrogen) atoms. The summed E-state index contributed by atoms with van der Waals surface area (Å²) >= 11 is 0. The van der Waals surface area contributed by atoms with Crippen LogP contribution in [0.5, 0.6) is 0 Å². The molecule has 6 rings (SSSR count). The monoisotopic (exact) mass is 715 g/mol. The van der Waals surface area contributed by atoms with Crippen LogP contribution in [0.4, 0.5) is 0 Å². The van der Waals surface area contributed by atoms with Gasteiger partial charge in [0.1, 0.15) is 6.10 Å². The normalized spacial score (nSPS) is 36.7. The van der Waals surface area contributed by atoms with Gasteiger partial charge in [0.25, 0.3) is 5.91 Å². The summed E-state index contributed by atoms with van der Waals surface area (Å²) in [5.74, 6) is 0.393. The molecule has 7 heteroatoms. The number of fused-ring (bicyclic) bond motifs is 7. The second-order valence-corrected chi connectivity index (χ2v) is 20.0. The van der Waals surface area contributed by atoms with Crippen molar-refractivity contribution in [2.45, 2.75) is 139 Å². The molecule has 4 fully saturated rings. The number of hydrogen-bond acceptors (Lipinski definition) is 5. The van der Waals surface area contributed by atoms with Gasteiger partial charge in [-0.15, -0.1) is 0 Å². The minimum Gasteiger partial charge on any atom is -0.481 e. The number of ether oxygens (including phenoxy) is 1. The average Bonchev–Trinajstić information content (AvgIpc) is 3.37. The molecule has 0 spiro atoms. The largest absolute Gasteiger partial charge is 0.481 e. The van der Waals surface area contributed by atoms with Crippen molar-refractivity contribution in [2.75, 3.05) is 13.6 Å². The Morgan fingerprint density at radius 2 is 1.58 bits per heavy atom. The van der Waals surface area contributed by atoms with Gasteiger partial charge in [0.2, 0.25) is 0 Å². The van der Waals surface area contributed by atoms with Gasteiger partial charge in [-0.1, -0.05) is 72.2 Å². The van der Waals surface area contributed by atoms with Gasteiger partial charge in [0.15, 0.2) is 5.78 Å². The molecule has 1 aromatic rings. The maximum Gasteiger partial charge on any atom is 0.309 e. The van der Waals surface area contributed by atoms with Crippen LogP contribution in [-0.2, 0) is 19.1 Å². The molecule has 5 aliphatic rings. The van der Waals surface area contributed by atoms with Gasteiger partial charge in [-0.3, -0.25) is 19.2 Å². The predicted octanol–water partition coefficient (Wildman–Crippen LogP) is 9.54. The van der Waals surface area contributed by atoms with Gasteiger partial charge in [-0.25, -0.2) is 0 Å². The summed E-state index contributed by atoms with van der Waals surface area (Å²) in [4.78, 5) is 54.1. The Morgan fingerprint density at radius 1 is 0.904 bits per heavy atom. The number of carbonyl (C=O) groups is 4. The predicted molar refractivity (Wildman–Crippen MR) is 203 cm³/mol. The molecule has 1 aromatic carbocycles. The van der Waals surface area contributed by atoms with E-state index in [4.69, 9.17) is 4.74 Å². The Labute approximate surface area is 312 Å². The van der Waals surface area contributed by atoms with Crippen molar-refractivity contribution in [3.63, 3.8) is 0 Å². The molecule has 1 N–H and O–H groups in total. The van der Waals surface area contributed by atoms with E-state index in [1.54, 1.807) is 13.8 Å². The minimum absolute atomic E-state index is 0.0334. The van der Waals surface area contributed by atoms with E-state index >= 15 is 0 Å². The zero-order valence-electron chi connectivity index (χ0n) is 33.7. The van der Waals surface area contributed by atoms with Crippen molar-refractivity contribution in [3.05, 3.63) is 47.0 Å². The Balaban J connectivity index is 1.26. The van der Waals surface area contributed by atoms with E-state index in [9.17, 15) is 24.3 Å². The Bertz CT molecular complexity index is 1640. The third-order valence-corrected chi connectivity index (χ3v) is 16.2. The van der Waals surface area contributed by atoms with Crippen LogP contribution in [0.25, 0.3) is 0 Å². The Hall–Kier alpha value is -2.96. The molecule has 0 radical (unpaired) electrons. The number of rotatable bonds is 9. The molecule has 0 bridgehead atoms. The molecule has 1 amide bonds. The minimum atomic E-state index is -1.16. The molecule has 4 saturated carbocycles. The van der Waals surface area contributed by atoms with Crippen molar-refractivity contribution in [3.8, 4) is 0 Å². The van der Waals surface area contributed by atoms with Crippen molar-refractivity contribution in [1.29, 1.82) is 0 Å². The number of carboxylic acid groups (broad SMARTS) is 1. The van der Waals surface area contributed by atoms with Crippen molar-refractivity contribution in [2.24, 2.45) is 56.2 Å². The van der Waals surface area contributed by atoms with Crippen molar-refractivity contribution < 1.29 is 29.0 Å². The van der Waals surface area contributed by atoms with E-state index in [1.807, 2.05) is 42.3 Å². The molecule has 0 heterocycles. The number of Topliss-reactive ketones (excluding diaryl/α,β-unsaturated/α-hetero) is 1. The number of aliphatic carboxylic acids is 1. The summed E-state index contributed by atoms with van der Waals surface area (Å²) in [6, 6.07) is 9.50. The first-order chi connectivity index (χ1) is 24.1. The third-order valence-electron chi connectivity index (χ3n) is 16.2. The fraction of sp³-hybridized carbons (Fsp3) is 0.733. The van der Waals surface area contributed by atoms with E-state index in [-0.39, 0.29) is 51.4 Å². The summed E-state index contributed by atoms with van der Waals surface area (Å²) in [6.45, 7) is 20.4. The highest BCUT2D eigenvalue weighted by Gasteiger charge is 2.70. The number of carboxylic acids is 1. The summed E-state index contributed by atoms with van der Waals surface area (Å²) < 4.78 is 6.17. The number of benzene rings is 1. The van der Waals surface area contributed by atoms with Gasteiger partial charge in [-0.2, -0.15) is 0 Å². The van der Waals surface area contributed by atoms with Crippen LogP contribution in [0.3, 0.4) is 0 Å². The molecule has 0 aliphatic heterocycles. The number of ketones is 1. The van der Waals surface area contributed by atoms with Gasteiger partial charge < -0.3 is 14.7 Å². The summed E-state index contributed by atoms with van der Waals surface area (Å²) in [7, 11) is 1.90. The zero-order chi connectivity index (χ0) is 38.2. The highest BCUT2D eigenvalue weighted by Crippen LogP contribution is 2.77. The number of esters is 1. The zero-order valence-corrected chi connectivity index (χ0v) is 33.7. The molecule has 0 saturated heterocycles. The van der Waals surface area contributed by atoms with Gasteiger partial charge in [0, 0.05) is 36.4 Å². The quantitative estimate of drug-likeness (QED) is 0.256. The van der Waals surface area contributed by atoms with Gasteiger partial charge >= 0.3 is 11.9 Å². The summed E-state index contributed by atoms with van der Waals surface area (Å²) in [6.07, 6.45) is 9.30. The van der Waals surface area contributed by atoms with E-state index in [1.165, 1.54) is 5.57 Å². The number of amides is 1. The molecule has 8 atom stereocenters. The number of nitrogens with zero attached hydrogens (tertiary/aromatic N) is 1. The number of carbonyl (C=O) groups excluding carboxylic acids is 3. The van der Waals surface area contributed by atoms with Crippen molar-refractivity contribution in [1.82, 2.24) is 4.90 Å². The first-order valence-corrected chi connectivity index (χ1v) is 20.2. The average molecular weight is 716 g/mol. The summed E-state index contributed by atoms with van der Waals surface area (Å²) in [5, 5.41) is 9.61. The Morgan fingerprint density at radius 3 is 2.21 bits per heavy atom. The third kappa shape index (κ3) is 5.90. The lowest BCUT2D eigenvalue weighted by Gasteiger charge is -2.72. The van der Waals surface area contributed by atoms with Crippen LogP contribution in [-0.4, -0.2) is 53.3 Å². The lowest BCUT2D eigenvalue weighted by molar-refractivity contribution is -0.233. The second-order valence-electron chi connectivity index (χ2n) is 20.0. The smallest absolute Gasteiger partial charge is 0.309 e. The Kier molecular flexibility index (Phi) is 9.77. The van der Waals surface area contributed by atoms with Crippen LogP contribution in [0, 0.1) is 56.2 Å². The number of allylic oxidation sites excluding steroid dienone is 2. The van der Waals surface area contributed by atoms with Gasteiger partial charge in [-0.05, 0) is 129 Å². The van der Waals surface area contributed by atoms with Crippen LogP contribution >= 0.6 is 0 Å². The van der Waals surface area contributed by atoms with Crippen LogP contribution < -0.4 is 0 Å². The van der Waals surface area contributed by atoms with E-state index in [0.29, 0.717) is 42.1 Å². The highest BCUT2D eigenvalue weighted by molar-refractivity contribution is 6.00. The van der Waals surface area contributed by atoms with Gasteiger partial charge in [0.05, 0.1) is 11.8 Å². The summed E-state index contributed by atoms with van der Waals surface area (Å²) in [5.41, 5.74) is 1.90. The first kappa shape index (κ1) is 38.8. The maximum absolute atomic E-state index is 14.1. The lowest BCUT2D eigenvalue weighted by Crippen LogP contribution is -2.65. The molecule has 5 aliphatic carbocycles. The lowest BCUT2D eigenvalue weighted by atomic mass is 9.33. The highest BCUT2D eigenvalue weighted by atomic mass is 16.5. The maximum atomic E-state index is 14.1. The standard InChI is InChI=1S/C45H65NO6/c1-28(2)36-31(47)26-45(24-25-46(10)38(49)29-14-12-11-13-15-29)23-22-43(8)30(37(36)45)16-17-33-42(7)20-19-34(52-35(48)27-40(3,4)39(50)51)41(5,6)32(42)18-21-44(33,43)9/h11-15,28,30,32-34H,16-27H2,1-10H3,(H,50,51).